The summed E-state index contributed by atoms with van der Waals surface area (Å²) < 4.78 is 13.8. The second kappa shape index (κ2) is 7.09. The van der Waals surface area contributed by atoms with E-state index in [0.29, 0.717) is 29.6 Å². The Morgan fingerprint density at radius 2 is 2.11 bits per heavy atom. The molecular formula is C14H22FN3O. The van der Waals surface area contributed by atoms with Crippen LogP contribution >= 0.6 is 0 Å². The van der Waals surface area contributed by atoms with Crippen LogP contribution in [0.2, 0.25) is 0 Å². The molecule has 4 N–H and O–H groups in total. The first-order valence-corrected chi connectivity index (χ1v) is 6.43. The average molecular weight is 267 g/mol. The normalized spacial score (nSPS) is 13.8. The molecule has 0 saturated heterocycles. The molecule has 0 amide bonds. The highest BCUT2D eigenvalue weighted by atomic mass is 19.1. The van der Waals surface area contributed by atoms with E-state index in [9.17, 15) is 4.39 Å². The highest BCUT2D eigenvalue weighted by Crippen LogP contribution is 2.11. The van der Waals surface area contributed by atoms with E-state index in [4.69, 9.17) is 10.9 Å². The smallest absolute Gasteiger partial charge is 0.170 e. The Morgan fingerprint density at radius 3 is 2.63 bits per heavy atom. The van der Waals surface area contributed by atoms with Crippen molar-refractivity contribution in [3.8, 4) is 0 Å². The lowest BCUT2D eigenvalue weighted by Gasteiger charge is -2.16. The molecule has 0 aliphatic heterocycles. The monoisotopic (exact) mass is 267 g/mol. The zero-order valence-electron chi connectivity index (χ0n) is 11.7. The van der Waals surface area contributed by atoms with Crippen LogP contribution in [0.4, 0.5) is 4.39 Å². The molecule has 0 fully saturated rings. The predicted octanol–water partition coefficient (Wildman–Crippen LogP) is 2.44. The van der Waals surface area contributed by atoms with Crippen molar-refractivity contribution in [2.45, 2.75) is 39.8 Å². The van der Waals surface area contributed by atoms with E-state index in [-0.39, 0.29) is 11.7 Å². The van der Waals surface area contributed by atoms with Gasteiger partial charge in [0.15, 0.2) is 5.84 Å². The van der Waals surface area contributed by atoms with Crippen LogP contribution in [-0.4, -0.2) is 17.1 Å². The maximum Gasteiger partial charge on any atom is 0.170 e. The molecule has 0 aliphatic carbocycles. The van der Waals surface area contributed by atoms with Crippen molar-refractivity contribution in [3.63, 3.8) is 0 Å². The van der Waals surface area contributed by atoms with E-state index in [1.807, 2.05) is 0 Å². The van der Waals surface area contributed by atoms with Gasteiger partial charge in [0.2, 0.25) is 0 Å². The molecule has 0 saturated carbocycles. The Bertz CT molecular complexity index is 446. The summed E-state index contributed by atoms with van der Waals surface area (Å²) in [6.07, 6.45) is 1.05. The molecule has 1 atom stereocenters. The van der Waals surface area contributed by atoms with E-state index < -0.39 is 0 Å². The quantitative estimate of drug-likeness (QED) is 0.321. The number of oxime groups is 1. The predicted molar refractivity (Wildman–Crippen MR) is 74.7 cm³/mol. The molecule has 0 radical (unpaired) electrons. The van der Waals surface area contributed by atoms with Gasteiger partial charge in [0.1, 0.15) is 5.82 Å². The molecule has 0 heterocycles. The van der Waals surface area contributed by atoms with Gasteiger partial charge in [-0.1, -0.05) is 31.1 Å². The first-order chi connectivity index (χ1) is 8.93. The molecule has 5 heteroatoms. The van der Waals surface area contributed by atoms with Gasteiger partial charge in [0.05, 0.1) is 0 Å². The van der Waals surface area contributed by atoms with Gasteiger partial charge in [-0.25, -0.2) is 4.39 Å². The van der Waals surface area contributed by atoms with Crippen LogP contribution in [0.3, 0.4) is 0 Å². The largest absolute Gasteiger partial charge is 0.409 e. The Morgan fingerprint density at radius 1 is 1.42 bits per heavy atom. The van der Waals surface area contributed by atoms with Gasteiger partial charge >= 0.3 is 0 Å². The summed E-state index contributed by atoms with van der Waals surface area (Å²) in [5.41, 5.74) is 6.36. The van der Waals surface area contributed by atoms with Crippen LogP contribution < -0.4 is 11.1 Å². The lowest BCUT2D eigenvalue weighted by Crippen LogP contribution is -2.27. The summed E-state index contributed by atoms with van der Waals surface area (Å²) in [5.74, 6) is 0.162. The molecule has 19 heavy (non-hydrogen) atoms. The minimum Gasteiger partial charge on any atom is -0.409 e. The number of nitrogens with one attached hydrogen (secondary N) is 1. The number of benzene rings is 1. The molecule has 0 spiro atoms. The number of nitrogens with zero attached hydrogens (tertiary/aromatic N) is 1. The van der Waals surface area contributed by atoms with Crippen LogP contribution in [0.15, 0.2) is 23.4 Å². The van der Waals surface area contributed by atoms with Gasteiger partial charge in [0, 0.05) is 23.7 Å². The van der Waals surface area contributed by atoms with E-state index >= 15 is 0 Å². The number of hydrogen-bond donors (Lipinski definition) is 3. The van der Waals surface area contributed by atoms with Gasteiger partial charge in [-0.2, -0.15) is 0 Å². The van der Waals surface area contributed by atoms with Crippen molar-refractivity contribution < 1.29 is 9.60 Å². The summed E-state index contributed by atoms with van der Waals surface area (Å²) in [5, 5.41) is 14.7. The van der Waals surface area contributed by atoms with E-state index in [2.05, 4.69) is 31.2 Å². The van der Waals surface area contributed by atoms with Crippen LogP contribution in [0, 0.1) is 11.7 Å². The van der Waals surface area contributed by atoms with Gasteiger partial charge < -0.3 is 16.3 Å². The highest BCUT2D eigenvalue weighted by molar-refractivity contribution is 5.97. The summed E-state index contributed by atoms with van der Waals surface area (Å²) in [7, 11) is 0. The number of halogens is 1. The lowest BCUT2D eigenvalue weighted by atomic mass is 10.0. The fourth-order valence-electron chi connectivity index (χ4n) is 1.98. The van der Waals surface area contributed by atoms with E-state index in [1.54, 1.807) is 12.1 Å². The molecule has 0 bridgehead atoms. The summed E-state index contributed by atoms with van der Waals surface area (Å²) in [6, 6.07) is 4.90. The van der Waals surface area contributed by atoms with Crippen molar-refractivity contribution in [2.75, 3.05) is 0 Å². The summed E-state index contributed by atoms with van der Waals surface area (Å²) in [6.45, 7) is 6.87. The van der Waals surface area contributed by atoms with Gasteiger partial charge in [-0.05, 0) is 25.3 Å². The maximum atomic E-state index is 13.8. The zero-order valence-corrected chi connectivity index (χ0v) is 11.7. The minimum atomic E-state index is -0.353. The highest BCUT2D eigenvalue weighted by Gasteiger charge is 2.09. The molecule has 1 aromatic carbocycles. The summed E-state index contributed by atoms with van der Waals surface area (Å²) >= 11 is 0. The molecular weight excluding hydrogens is 245 g/mol. The molecule has 106 valence electrons. The third kappa shape index (κ3) is 4.87. The van der Waals surface area contributed by atoms with Crippen molar-refractivity contribution in [1.29, 1.82) is 0 Å². The molecule has 0 aliphatic rings. The number of hydrogen-bond acceptors (Lipinski definition) is 3. The number of rotatable bonds is 6. The zero-order chi connectivity index (χ0) is 14.4. The molecule has 0 aromatic heterocycles. The first kappa shape index (κ1) is 15.4. The fourth-order valence-corrected chi connectivity index (χ4v) is 1.98. The average Bonchev–Trinajstić information content (AvgIpc) is 2.35. The van der Waals surface area contributed by atoms with Crippen LogP contribution in [0.1, 0.15) is 38.3 Å². The topological polar surface area (TPSA) is 70.6 Å². The standard InChI is InChI=1S/C14H22FN3O/c1-9(2)6-10(3)17-8-12-5-4-11(7-13(12)15)14(16)18-19/h4-5,7,9-10,17,19H,6,8H2,1-3H3,(H2,16,18). The SMILES string of the molecule is CC(C)CC(C)NCc1ccc(C(N)=NO)cc1F. The lowest BCUT2D eigenvalue weighted by molar-refractivity contribution is 0.318. The van der Waals surface area contributed by atoms with Gasteiger partial charge in [0.25, 0.3) is 0 Å². The fraction of sp³-hybridized carbons (Fsp3) is 0.500. The molecule has 1 rings (SSSR count). The van der Waals surface area contributed by atoms with Crippen LogP contribution in [0.5, 0.6) is 0 Å². The van der Waals surface area contributed by atoms with Gasteiger partial charge in [-0.3, -0.25) is 0 Å². The third-order valence-corrected chi connectivity index (χ3v) is 2.92. The number of amidine groups is 1. The van der Waals surface area contributed by atoms with Crippen molar-refractivity contribution in [3.05, 3.63) is 35.1 Å². The van der Waals surface area contributed by atoms with Gasteiger partial charge in [-0.15, -0.1) is 0 Å². The number of nitrogens with two attached hydrogens (primary N) is 1. The van der Waals surface area contributed by atoms with Crippen molar-refractivity contribution in [1.82, 2.24) is 5.32 Å². The molecule has 4 nitrogen and oxygen atoms in total. The Hall–Kier alpha value is -1.62. The van der Waals surface area contributed by atoms with E-state index in [1.165, 1.54) is 6.07 Å². The van der Waals surface area contributed by atoms with Crippen molar-refractivity contribution >= 4 is 5.84 Å². The molecule has 1 unspecified atom stereocenters. The molecule has 1 aromatic rings. The van der Waals surface area contributed by atoms with Crippen molar-refractivity contribution in [2.24, 2.45) is 16.8 Å². The third-order valence-electron chi connectivity index (χ3n) is 2.92. The van der Waals surface area contributed by atoms with E-state index in [0.717, 1.165) is 6.42 Å². The Kier molecular flexibility index (Phi) is 5.76. The van der Waals surface area contributed by atoms with Crippen LogP contribution in [0.25, 0.3) is 0 Å². The second-order valence-electron chi connectivity index (χ2n) is 5.20. The Balaban J connectivity index is 2.65. The Labute approximate surface area is 113 Å². The van der Waals surface area contributed by atoms with Crippen LogP contribution in [-0.2, 0) is 6.54 Å². The second-order valence-corrected chi connectivity index (χ2v) is 5.20. The minimum absolute atomic E-state index is 0.0911. The summed E-state index contributed by atoms with van der Waals surface area (Å²) in [4.78, 5) is 0. The maximum absolute atomic E-state index is 13.8. The first-order valence-electron chi connectivity index (χ1n) is 6.43.